The molecule has 1 atom stereocenters. The fourth-order valence-corrected chi connectivity index (χ4v) is 2.29. The van der Waals surface area contributed by atoms with Crippen LogP contribution in [0, 0.1) is 6.92 Å². The van der Waals surface area contributed by atoms with Gasteiger partial charge in [0.25, 0.3) is 0 Å². The van der Waals surface area contributed by atoms with Gasteiger partial charge in [0.2, 0.25) is 0 Å². The quantitative estimate of drug-likeness (QED) is 0.772. The summed E-state index contributed by atoms with van der Waals surface area (Å²) in [6.45, 7) is 3.52. The number of benzene rings is 1. The van der Waals surface area contributed by atoms with Crippen LogP contribution in [0.1, 0.15) is 24.4 Å². The zero-order chi connectivity index (χ0) is 16.9. The first-order valence-electron chi connectivity index (χ1n) is 7.54. The summed E-state index contributed by atoms with van der Waals surface area (Å²) in [6.07, 6.45) is 2.34. The molecule has 0 aliphatic carbocycles. The van der Waals surface area contributed by atoms with Gasteiger partial charge >= 0.3 is 6.09 Å². The number of aryl methyl sites for hydroxylation is 1. The van der Waals surface area contributed by atoms with Crippen molar-refractivity contribution in [3.63, 3.8) is 0 Å². The smallest absolute Gasteiger partial charge is 0.412 e. The van der Waals surface area contributed by atoms with Crippen molar-refractivity contribution in [1.82, 2.24) is 10.1 Å². The van der Waals surface area contributed by atoms with Gasteiger partial charge in [-0.2, -0.15) is 0 Å². The summed E-state index contributed by atoms with van der Waals surface area (Å²) < 4.78 is 10.6. The fourth-order valence-electron chi connectivity index (χ4n) is 2.29. The molecule has 1 amide bonds. The molecule has 0 spiro atoms. The lowest BCUT2D eigenvalue weighted by Crippen LogP contribution is -2.16. The first kappa shape index (κ1) is 15.7. The van der Waals surface area contributed by atoms with Crippen LogP contribution in [0.4, 0.5) is 10.5 Å². The summed E-state index contributed by atoms with van der Waals surface area (Å²) in [5.74, 6) is 0.514. The molecular formula is C18H17N3O3. The number of nitrogens with one attached hydrogen (secondary N) is 1. The second-order valence-corrected chi connectivity index (χ2v) is 5.29. The van der Waals surface area contributed by atoms with Crippen LogP contribution in [0.2, 0.25) is 0 Å². The molecule has 0 bridgehead atoms. The molecule has 2 aromatic heterocycles. The monoisotopic (exact) mass is 323 g/mol. The zero-order valence-corrected chi connectivity index (χ0v) is 13.4. The van der Waals surface area contributed by atoms with Gasteiger partial charge in [-0.1, -0.05) is 41.6 Å². The number of pyridine rings is 1. The Morgan fingerprint density at radius 3 is 2.71 bits per heavy atom. The number of ether oxygens (including phenoxy) is 1. The summed E-state index contributed by atoms with van der Waals surface area (Å²) in [5.41, 5.74) is 2.74. The van der Waals surface area contributed by atoms with Crippen LogP contribution in [0.25, 0.3) is 11.3 Å². The Balaban J connectivity index is 1.74. The van der Waals surface area contributed by atoms with Crippen molar-refractivity contribution in [2.45, 2.75) is 20.0 Å². The molecule has 0 radical (unpaired) electrons. The van der Waals surface area contributed by atoms with Crippen molar-refractivity contribution in [3.05, 3.63) is 66.2 Å². The predicted octanol–water partition coefficient (Wildman–Crippen LogP) is 4.35. The zero-order valence-electron chi connectivity index (χ0n) is 13.4. The minimum absolute atomic E-state index is 0.418. The van der Waals surface area contributed by atoms with Crippen molar-refractivity contribution in [1.29, 1.82) is 0 Å². The Hall–Kier alpha value is -3.15. The molecule has 0 aliphatic rings. The van der Waals surface area contributed by atoms with Crippen molar-refractivity contribution < 1.29 is 14.1 Å². The summed E-state index contributed by atoms with van der Waals surface area (Å²) in [5, 5.41) is 6.74. The van der Waals surface area contributed by atoms with E-state index in [0.717, 1.165) is 11.1 Å². The van der Waals surface area contributed by atoms with E-state index in [4.69, 9.17) is 9.26 Å². The number of aromatic nitrogens is 2. The van der Waals surface area contributed by atoms with E-state index in [1.165, 1.54) is 0 Å². The number of carbonyl (C=O) groups is 1. The van der Waals surface area contributed by atoms with Gasteiger partial charge in [0.15, 0.2) is 5.76 Å². The van der Waals surface area contributed by atoms with Gasteiger partial charge in [-0.25, -0.2) is 4.79 Å². The third kappa shape index (κ3) is 3.43. The molecule has 3 rings (SSSR count). The van der Waals surface area contributed by atoms with E-state index in [2.05, 4.69) is 15.5 Å². The molecule has 122 valence electrons. The predicted molar refractivity (Wildman–Crippen MR) is 89.4 cm³/mol. The summed E-state index contributed by atoms with van der Waals surface area (Å²) in [7, 11) is 0. The molecular weight excluding hydrogens is 306 g/mol. The highest BCUT2D eigenvalue weighted by atomic mass is 16.6. The van der Waals surface area contributed by atoms with E-state index >= 15 is 0 Å². The molecule has 1 aromatic carbocycles. The number of rotatable bonds is 4. The Kier molecular flexibility index (Phi) is 4.56. The van der Waals surface area contributed by atoms with Crippen molar-refractivity contribution in [3.8, 4) is 11.3 Å². The molecule has 24 heavy (non-hydrogen) atoms. The number of nitrogens with zero attached hydrogens (tertiary/aromatic N) is 2. The molecule has 0 saturated carbocycles. The summed E-state index contributed by atoms with van der Waals surface area (Å²) in [4.78, 5) is 16.2. The van der Waals surface area contributed by atoms with Crippen molar-refractivity contribution in [2.75, 3.05) is 5.32 Å². The number of amides is 1. The van der Waals surface area contributed by atoms with Gasteiger partial charge in [-0.05, 0) is 19.9 Å². The molecule has 0 unspecified atom stereocenters. The summed E-state index contributed by atoms with van der Waals surface area (Å²) >= 11 is 0. The Morgan fingerprint density at radius 1 is 1.21 bits per heavy atom. The lowest BCUT2D eigenvalue weighted by atomic mass is 10.1. The maximum absolute atomic E-state index is 12.2. The minimum Gasteiger partial charge on any atom is -0.441 e. The van der Waals surface area contributed by atoms with Crippen molar-refractivity contribution in [2.24, 2.45) is 0 Å². The Labute approximate surface area is 139 Å². The lowest BCUT2D eigenvalue weighted by molar-refractivity contribution is 0.121. The molecule has 1 N–H and O–H groups in total. The normalized spacial score (nSPS) is 11.8. The first-order valence-corrected chi connectivity index (χ1v) is 7.54. The second-order valence-electron chi connectivity index (χ2n) is 5.29. The Morgan fingerprint density at radius 2 is 2.00 bits per heavy atom. The average molecular weight is 323 g/mol. The van der Waals surface area contributed by atoms with Crippen LogP contribution < -0.4 is 5.32 Å². The van der Waals surface area contributed by atoms with E-state index in [9.17, 15) is 4.79 Å². The van der Waals surface area contributed by atoms with Crippen LogP contribution in [0.5, 0.6) is 0 Å². The lowest BCUT2D eigenvalue weighted by Gasteiger charge is -2.13. The molecule has 6 heteroatoms. The van der Waals surface area contributed by atoms with Crippen LogP contribution in [-0.2, 0) is 4.74 Å². The van der Waals surface area contributed by atoms with Crippen LogP contribution in [0.15, 0.2) is 59.4 Å². The summed E-state index contributed by atoms with van der Waals surface area (Å²) in [6, 6.07) is 13.1. The molecule has 0 aliphatic heterocycles. The highest BCUT2D eigenvalue weighted by molar-refractivity contribution is 5.91. The van der Waals surface area contributed by atoms with E-state index in [1.54, 1.807) is 32.3 Å². The van der Waals surface area contributed by atoms with Gasteiger partial charge in [0.05, 0.1) is 0 Å². The van der Waals surface area contributed by atoms with Gasteiger partial charge in [0, 0.05) is 23.5 Å². The minimum atomic E-state index is -0.574. The molecule has 2 heterocycles. The third-order valence-corrected chi connectivity index (χ3v) is 3.57. The number of hydrogen-bond acceptors (Lipinski definition) is 5. The standard InChI is InChI=1S/C18H17N3O3/c1-12(15-9-6-10-19-11-15)23-18(22)20-16-13(2)24-21-17(16)14-7-4-3-5-8-14/h3-12H,1-2H3,(H,20,22)/t12-/m0/s1. The van der Waals surface area contributed by atoms with Gasteiger partial charge in [0.1, 0.15) is 17.5 Å². The SMILES string of the molecule is Cc1onc(-c2ccccc2)c1NC(=O)O[C@@H](C)c1cccnc1. The molecule has 0 fully saturated rings. The molecule has 6 nitrogen and oxygen atoms in total. The second kappa shape index (κ2) is 6.95. The van der Waals surface area contributed by atoms with Crippen LogP contribution in [0.3, 0.4) is 0 Å². The largest absolute Gasteiger partial charge is 0.441 e. The van der Waals surface area contributed by atoms with E-state index in [0.29, 0.717) is 17.1 Å². The fraction of sp³-hybridized carbons (Fsp3) is 0.167. The third-order valence-electron chi connectivity index (χ3n) is 3.57. The van der Waals surface area contributed by atoms with E-state index < -0.39 is 12.2 Å². The van der Waals surface area contributed by atoms with E-state index in [-0.39, 0.29) is 0 Å². The topological polar surface area (TPSA) is 77.2 Å². The highest BCUT2D eigenvalue weighted by Gasteiger charge is 2.19. The van der Waals surface area contributed by atoms with Gasteiger partial charge in [-0.3, -0.25) is 10.3 Å². The number of anilines is 1. The number of hydrogen-bond donors (Lipinski definition) is 1. The van der Waals surface area contributed by atoms with Crippen LogP contribution in [-0.4, -0.2) is 16.2 Å². The maximum atomic E-state index is 12.2. The van der Waals surface area contributed by atoms with Crippen LogP contribution >= 0.6 is 0 Å². The van der Waals surface area contributed by atoms with Gasteiger partial charge < -0.3 is 9.26 Å². The molecule has 3 aromatic rings. The molecule has 0 saturated heterocycles. The first-order chi connectivity index (χ1) is 11.6. The van der Waals surface area contributed by atoms with Gasteiger partial charge in [-0.15, -0.1) is 0 Å². The van der Waals surface area contributed by atoms with Crippen molar-refractivity contribution >= 4 is 11.8 Å². The number of carbonyl (C=O) groups excluding carboxylic acids is 1. The average Bonchev–Trinajstić information content (AvgIpc) is 2.97. The highest BCUT2D eigenvalue weighted by Crippen LogP contribution is 2.30. The Bertz CT molecular complexity index is 816. The van der Waals surface area contributed by atoms with E-state index in [1.807, 2.05) is 36.4 Å². The maximum Gasteiger partial charge on any atom is 0.412 e.